The second kappa shape index (κ2) is 9.71. The Bertz CT molecular complexity index is 987. The van der Waals surface area contributed by atoms with Crippen molar-refractivity contribution in [3.05, 3.63) is 40.0 Å². The lowest BCUT2D eigenvalue weighted by atomic mass is 9.92. The summed E-state index contributed by atoms with van der Waals surface area (Å²) in [5.74, 6) is 0.270. The molecule has 7 nitrogen and oxygen atoms in total. The summed E-state index contributed by atoms with van der Waals surface area (Å²) in [7, 11) is 0. The van der Waals surface area contributed by atoms with Crippen molar-refractivity contribution in [1.82, 2.24) is 14.7 Å². The van der Waals surface area contributed by atoms with Crippen LogP contribution in [0.4, 0.5) is 16.3 Å². The Morgan fingerprint density at radius 3 is 2.25 bits per heavy atom. The largest absolute Gasteiger partial charge is 0.322 e. The number of hydrogen-bond donors (Lipinski definition) is 2. The van der Waals surface area contributed by atoms with Gasteiger partial charge in [0.1, 0.15) is 12.4 Å². The predicted octanol–water partition coefficient (Wildman–Crippen LogP) is 6.12. The number of carbonyl (C=O) groups excluding carboxylic acids is 2. The summed E-state index contributed by atoms with van der Waals surface area (Å²) in [4.78, 5) is 27.2. The zero-order valence-corrected chi connectivity index (χ0v) is 21.5. The highest BCUT2D eigenvalue weighted by atomic mass is 35.5. The van der Waals surface area contributed by atoms with Gasteiger partial charge in [0.25, 0.3) is 0 Å². The summed E-state index contributed by atoms with van der Waals surface area (Å²) in [5, 5.41) is 11.0. The Morgan fingerprint density at radius 2 is 1.72 bits per heavy atom. The fraction of sp³-hybridized carbons (Fsp3) is 0.522. The zero-order chi connectivity index (χ0) is 24.4. The van der Waals surface area contributed by atoms with Gasteiger partial charge in [0.2, 0.25) is 5.91 Å². The normalized spacial score (nSPS) is 12.1. The van der Waals surface area contributed by atoms with Crippen molar-refractivity contribution in [1.29, 1.82) is 0 Å². The highest BCUT2D eigenvalue weighted by molar-refractivity contribution is 6.43. The minimum Gasteiger partial charge on any atom is -0.313 e. The summed E-state index contributed by atoms with van der Waals surface area (Å²) < 4.78 is 1.80. The molecule has 0 spiro atoms. The number of carbonyl (C=O) groups is 2. The van der Waals surface area contributed by atoms with Gasteiger partial charge in [0, 0.05) is 17.5 Å². The molecule has 0 radical (unpaired) electrons. The van der Waals surface area contributed by atoms with Crippen LogP contribution in [0.3, 0.4) is 0 Å². The van der Waals surface area contributed by atoms with Crippen LogP contribution in [0.2, 0.25) is 10.0 Å². The van der Waals surface area contributed by atoms with E-state index in [0.29, 0.717) is 16.5 Å². The number of aromatic nitrogens is 2. The van der Waals surface area contributed by atoms with Crippen LogP contribution >= 0.6 is 23.2 Å². The number of rotatable bonds is 5. The first-order chi connectivity index (χ1) is 14.6. The van der Waals surface area contributed by atoms with Gasteiger partial charge in [-0.3, -0.25) is 4.79 Å². The molecule has 0 unspecified atom stereocenters. The van der Waals surface area contributed by atoms with E-state index in [4.69, 9.17) is 28.3 Å². The van der Waals surface area contributed by atoms with Crippen molar-refractivity contribution in [2.24, 2.45) is 0 Å². The molecular formula is C23H33Cl2N5O2. The lowest BCUT2D eigenvalue weighted by molar-refractivity contribution is -0.117. The van der Waals surface area contributed by atoms with Crippen LogP contribution in [0.5, 0.6) is 0 Å². The molecule has 176 valence electrons. The Hall–Kier alpha value is -2.25. The molecule has 9 heteroatoms. The first-order valence-corrected chi connectivity index (χ1v) is 11.3. The van der Waals surface area contributed by atoms with E-state index in [-0.39, 0.29) is 34.5 Å². The SMILES string of the molecule is CC(C)N(CC(=O)Nc1cc(C(C)(C)C)nn1C(C)(C)C)C(=O)Nc1cccc(Cl)c1Cl. The lowest BCUT2D eigenvalue weighted by Gasteiger charge is -2.27. The van der Waals surface area contributed by atoms with Gasteiger partial charge in [0.15, 0.2) is 0 Å². The standard InChI is InChI=1S/C23H33Cl2N5O2/c1-14(2)29(21(32)26-16-11-9-10-15(24)20(16)25)13-19(31)27-18-12-17(22(3,4)5)28-30(18)23(6,7)8/h9-12,14H,13H2,1-8H3,(H,26,32)(H,27,31). The molecule has 1 heterocycles. The molecule has 0 fully saturated rings. The molecule has 0 aliphatic rings. The molecule has 1 aromatic heterocycles. The number of anilines is 2. The fourth-order valence-electron chi connectivity index (χ4n) is 2.96. The second-order valence-corrected chi connectivity index (χ2v) is 10.8. The average molecular weight is 482 g/mol. The zero-order valence-electron chi connectivity index (χ0n) is 20.0. The number of hydrogen-bond acceptors (Lipinski definition) is 3. The van der Waals surface area contributed by atoms with Crippen LogP contribution < -0.4 is 10.6 Å². The van der Waals surface area contributed by atoms with Crippen molar-refractivity contribution >= 4 is 46.6 Å². The Balaban J connectivity index is 2.21. The van der Waals surface area contributed by atoms with E-state index < -0.39 is 6.03 Å². The molecule has 2 N–H and O–H groups in total. The maximum absolute atomic E-state index is 12.9. The van der Waals surface area contributed by atoms with Crippen LogP contribution in [-0.2, 0) is 15.7 Å². The Kier molecular flexibility index (Phi) is 7.89. The van der Waals surface area contributed by atoms with Crippen molar-refractivity contribution in [3.63, 3.8) is 0 Å². The smallest absolute Gasteiger partial charge is 0.313 e. The minimum absolute atomic E-state index is 0.137. The van der Waals surface area contributed by atoms with Gasteiger partial charge in [-0.2, -0.15) is 5.10 Å². The Morgan fingerprint density at radius 1 is 1.09 bits per heavy atom. The quantitative estimate of drug-likeness (QED) is 0.539. The van der Waals surface area contributed by atoms with Crippen molar-refractivity contribution in [3.8, 4) is 0 Å². The van der Waals surface area contributed by atoms with Gasteiger partial charge in [-0.15, -0.1) is 0 Å². The number of urea groups is 1. The molecule has 32 heavy (non-hydrogen) atoms. The molecule has 0 saturated carbocycles. The third-order valence-corrected chi connectivity index (χ3v) is 5.59. The molecule has 1 aromatic carbocycles. The molecule has 0 atom stereocenters. The van der Waals surface area contributed by atoms with E-state index >= 15 is 0 Å². The molecule has 3 amide bonds. The van der Waals surface area contributed by atoms with Gasteiger partial charge < -0.3 is 15.5 Å². The van der Waals surface area contributed by atoms with E-state index in [1.165, 1.54) is 4.90 Å². The summed E-state index contributed by atoms with van der Waals surface area (Å²) in [6.07, 6.45) is 0. The molecule has 0 bridgehead atoms. The van der Waals surface area contributed by atoms with E-state index in [0.717, 1.165) is 5.69 Å². The average Bonchev–Trinajstić information content (AvgIpc) is 3.07. The Labute approximate surface area is 200 Å². The highest BCUT2D eigenvalue weighted by Gasteiger charge is 2.27. The third-order valence-electron chi connectivity index (χ3n) is 4.77. The minimum atomic E-state index is -0.445. The summed E-state index contributed by atoms with van der Waals surface area (Å²) in [6.45, 7) is 15.8. The topological polar surface area (TPSA) is 79.3 Å². The first-order valence-electron chi connectivity index (χ1n) is 10.5. The molecule has 0 aliphatic carbocycles. The highest BCUT2D eigenvalue weighted by Crippen LogP contribution is 2.30. The van der Waals surface area contributed by atoms with Gasteiger partial charge in [0.05, 0.1) is 27.0 Å². The maximum atomic E-state index is 12.9. The first kappa shape index (κ1) is 26.0. The summed E-state index contributed by atoms with van der Waals surface area (Å²) in [5.41, 5.74) is 0.758. The maximum Gasteiger partial charge on any atom is 0.322 e. The van der Waals surface area contributed by atoms with Gasteiger partial charge in [-0.25, -0.2) is 9.48 Å². The van der Waals surface area contributed by atoms with E-state index in [9.17, 15) is 9.59 Å². The van der Waals surface area contributed by atoms with E-state index in [1.54, 1.807) is 22.9 Å². The van der Waals surface area contributed by atoms with Crippen LogP contribution in [0.15, 0.2) is 24.3 Å². The number of amides is 3. The third kappa shape index (κ3) is 6.39. The summed E-state index contributed by atoms with van der Waals surface area (Å²) >= 11 is 12.2. The van der Waals surface area contributed by atoms with Crippen molar-refractivity contribution < 1.29 is 9.59 Å². The summed E-state index contributed by atoms with van der Waals surface area (Å²) in [6, 6.07) is 6.19. The van der Waals surface area contributed by atoms with E-state index in [1.807, 2.05) is 40.7 Å². The molecule has 2 aromatic rings. The van der Waals surface area contributed by atoms with Crippen LogP contribution in [-0.4, -0.2) is 39.2 Å². The predicted molar refractivity (Wildman–Crippen MR) is 132 cm³/mol. The fourth-order valence-corrected chi connectivity index (χ4v) is 3.31. The molecular weight excluding hydrogens is 449 g/mol. The molecule has 0 saturated heterocycles. The number of benzene rings is 1. The number of nitrogens with one attached hydrogen (secondary N) is 2. The lowest BCUT2D eigenvalue weighted by Crippen LogP contribution is -2.45. The van der Waals surface area contributed by atoms with Crippen molar-refractivity contribution in [2.75, 3.05) is 17.2 Å². The van der Waals surface area contributed by atoms with Gasteiger partial charge in [-0.05, 0) is 46.8 Å². The van der Waals surface area contributed by atoms with Crippen molar-refractivity contribution in [2.45, 2.75) is 72.4 Å². The van der Waals surface area contributed by atoms with Gasteiger partial charge in [-0.1, -0.05) is 50.0 Å². The number of halogens is 2. The van der Waals surface area contributed by atoms with Gasteiger partial charge >= 0.3 is 6.03 Å². The van der Waals surface area contributed by atoms with E-state index in [2.05, 4.69) is 31.4 Å². The molecule has 2 rings (SSSR count). The van der Waals surface area contributed by atoms with Crippen LogP contribution in [0, 0.1) is 0 Å². The van der Waals surface area contributed by atoms with Crippen LogP contribution in [0.25, 0.3) is 0 Å². The molecule has 0 aliphatic heterocycles. The van der Waals surface area contributed by atoms with Crippen LogP contribution in [0.1, 0.15) is 61.1 Å². The second-order valence-electron chi connectivity index (χ2n) is 10.0. The monoisotopic (exact) mass is 481 g/mol. The number of nitrogens with zero attached hydrogens (tertiary/aromatic N) is 3.